The van der Waals surface area contributed by atoms with Gasteiger partial charge in [0.05, 0.1) is 27.5 Å². The maximum Gasteiger partial charge on any atom is 0.222 e. The largest absolute Gasteiger partial charge is 0.339 e. The van der Waals surface area contributed by atoms with Crippen molar-refractivity contribution in [3.63, 3.8) is 0 Å². The smallest absolute Gasteiger partial charge is 0.222 e. The van der Waals surface area contributed by atoms with Gasteiger partial charge in [0.1, 0.15) is 0 Å². The molecular formula is C15H11Cl2FN2O. The lowest BCUT2D eigenvalue weighted by Gasteiger charge is -2.16. The number of Topliss-reactive ketones (excluding diaryl/α,β-unsaturated/α-hetero) is 1. The van der Waals surface area contributed by atoms with Crippen LogP contribution < -0.4 is 0 Å². The van der Waals surface area contributed by atoms with Crippen molar-refractivity contribution in [2.75, 3.05) is 0 Å². The molecular weight excluding hydrogens is 314 g/mol. The van der Waals surface area contributed by atoms with Crippen molar-refractivity contribution < 1.29 is 9.18 Å². The number of hydrogen-bond donors (Lipinski definition) is 0. The number of pyridine rings is 1. The summed E-state index contributed by atoms with van der Waals surface area (Å²) in [5.74, 6) is -0.794. The normalized spacial score (nSPS) is 13.8. The Morgan fingerprint density at radius 3 is 2.86 bits per heavy atom. The van der Waals surface area contributed by atoms with Crippen LogP contribution in [0.1, 0.15) is 29.4 Å². The lowest BCUT2D eigenvalue weighted by molar-refractivity contribution is 0.101. The van der Waals surface area contributed by atoms with Gasteiger partial charge in [-0.3, -0.25) is 4.79 Å². The zero-order valence-corrected chi connectivity index (χ0v) is 12.7. The van der Waals surface area contributed by atoms with Gasteiger partial charge in [0.15, 0.2) is 5.78 Å². The zero-order chi connectivity index (χ0) is 15.1. The summed E-state index contributed by atoms with van der Waals surface area (Å²) < 4.78 is 15.8. The molecule has 3 rings (SSSR count). The van der Waals surface area contributed by atoms with E-state index in [-0.39, 0.29) is 16.4 Å². The van der Waals surface area contributed by atoms with Gasteiger partial charge in [0, 0.05) is 24.2 Å². The van der Waals surface area contributed by atoms with Gasteiger partial charge in [-0.1, -0.05) is 23.2 Å². The van der Waals surface area contributed by atoms with Crippen LogP contribution in [-0.4, -0.2) is 15.3 Å². The van der Waals surface area contributed by atoms with Crippen molar-refractivity contribution in [2.45, 2.75) is 19.9 Å². The molecule has 2 aromatic rings. The second-order valence-electron chi connectivity index (χ2n) is 4.81. The van der Waals surface area contributed by atoms with Crippen molar-refractivity contribution in [1.29, 1.82) is 0 Å². The maximum absolute atomic E-state index is 14.0. The van der Waals surface area contributed by atoms with Gasteiger partial charge in [-0.25, -0.2) is 4.98 Å². The molecule has 3 nitrogen and oxygen atoms in total. The SMILES string of the molecule is CC(=O)c1c(Cl)c(-c2cccnc2F)n2c1C=C(Cl)CC2. The monoisotopic (exact) mass is 324 g/mol. The lowest BCUT2D eigenvalue weighted by atomic mass is 10.1. The average molecular weight is 325 g/mol. The molecule has 3 heterocycles. The summed E-state index contributed by atoms with van der Waals surface area (Å²) in [7, 11) is 0. The van der Waals surface area contributed by atoms with Gasteiger partial charge in [-0.15, -0.1) is 0 Å². The molecule has 0 radical (unpaired) electrons. The van der Waals surface area contributed by atoms with Crippen molar-refractivity contribution in [1.82, 2.24) is 9.55 Å². The minimum Gasteiger partial charge on any atom is -0.339 e. The van der Waals surface area contributed by atoms with E-state index in [9.17, 15) is 9.18 Å². The minimum absolute atomic E-state index is 0.179. The molecule has 0 aliphatic carbocycles. The number of carbonyl (C=O) groups is 1. The summed E-state index contributed by atoms with van der Waals surface area (Å²) in [5, 5.41) is 0.893. The lowest BCUT2D eigenvalue weighted by Crippen LogP contribution is -2.09. The van der Waals surface area contributed by atoms with E-state index < -0.39 is 5.95 Å². The number of fused-ring (bicyclic) bond motifs is 1. The summed E-state index contributed by atoms with van der Waals surface area (Å²) in [6.45, 7) is 1.98. The molecule has 0 saturated carbocycles. The standard InChI is InChI=1S/C15H11Cl2FN2O/c1-8(21)12-11-7-9(16)4-6-20(11)14(13(12)17)10-3-2-5-19-15(10)18/h2-3,5,7H,4,6H2,1H3. The molecule has 0 amide bonds. The zero-order valence-electron chi connectivity index (χ0n) is 11.2. The molecule has 2 aromatic heterocycles. The van der Waals surface area contributed by atoms with E-state index in [2.05, 4.69) is 4.98 Å². The predicted octanol–water partition coefficient (Wildman–Crippen LogP) is 4.53. The molecule has 0 fully saturated rings. The van der Waals surface area contributed by atoms with Crippen molar-refractivity contribution >= 4 is 35.1 Å². The fourth-order valence-electron chi connectivity index (χ4n) is 2.59. The Morgan fingerprint density at radius 1 is 1.43 bits per heavy atom. The first-order valence-corrected chi connectivity index (χ1v) is 7.16. The third kappa shape index (κ3) is 2.28. The van der Waals surface area contributed by atoms with Crippen LogP contribution in [0.5, 0.6) is 0 Å². The minimum atomic E-state index is -0.615. The van der Waals surface area contributed by atoms with Crippen molar-refractivity contribution in [3.05, 3.63) is 45.6 Å². The van der Waals surface area contributed by atoms with Gasteiger partial charge < -0.3 is 4.57 Å². The third-order valence-corrected chi connectivity index (χ3v) is 4.14. The van der Waals surface area contributed by atoms with Crippen LogP contribution in [0, 0.1) is 5.95 Å². The van der Waals surface area contributed by atoms with E-state index >= 15 is 0 Å². The Balaban J connectivity index is 2.36. The van der Waals surface area contributed by atoms with Crippen LogP contribution in [0.2, 0.25) is 5.02 Å². The molecule has 1 aliphatic heterocycles. The van der Waals surface area contributed by atoms with Crippen molar-refractivity contribution in [2.24, 2.45) is 0 Å². The highest BCUT2D eigenvalue weighted by molar-refractivity contribution is 6.37. The molecule has 0 atom stereocenters. The summed E-state index contributed by atoms with van der Waals surface area (Å²) in [4.78, 5) is 15.5. The second-order valence-corrected chi connectivity index (χ2v) is 5.68. The topological polar surface area (TPSA) is 34.9 Å². The van der Waals surface area contributed by atoms with E-state index in [0.717, 1.165) is 0 Å². The summed E-state index contributed by atoms with van der Waals surface area (Å²) >= 11 is 12.4. The van der Waals surface area contributed by atoms with E-state index in [1.807, 2.05) is 4.57 Å². The Bertz CT molecular complexity index is 780. The van der Waals surface area contributed by atoms with Crippen LogP contribution >= 0.6 is 23.2 Å². The van der Waals surface area contributed by atoms with Crippen LogP contribution in [0.3, 0.4) is 0 Å². The van der Waals surface area contributed by atoms with Crippen LogP contribution in [0.25, 0.3) is 17.3 Å². The molecule has 0 aromatic carbocycles. The molecule has 0 saturated heterocycles. The molecule has 0 N–H and O–H groups in total. The Morgan fingerprint density at radius 2 is 2.19 bits per heavy atom. The van der Waals surface area contributed by atoms with Crippen LogP contribution in [-0.2, 0) is 6.54 Å². The van der Waals surface area contributed by atoms with Gasteiger partial charge >= 0.3 is 0 Å². The van der Waals surface area contributed by atoms with E-state index in [1.54, 1.807) is 18.2 Å². The van der Waals surface area contributed by atoms with E-state index in [4.69, 9.17) is 23.2 Å². The number of rotatable bonds is 2. The average Bonchev–Trinajstić information content (AvgIpc) is 2.71. The Hall–Kier alpha value is -1.65. The van der Waals surface area contributed by atoms with Gasteiger partial charge in [0.25, 0.3) is 0 Å². The number of allylic oxidation sites excluding steroid dienone is 1. The number of nitrogens with zero attached hydrogens (tertiary/aromatic N) is 2. The fraction of sp³-hybridized carbons (Fsp3) is 0.200. The molecule has 0 bridgehead atoms. The molecule has 21 heavy (non-hydrogen) atoms. The quantitative estimate of drug-likeness (QED) is 0.601. The first kappa shape index (κ1) is 14.3. The summed E-state index contributed by atoms with van der Waals surface area (Å²) in [6.07, 6.45) is 3.70. The molecule has 0 spiro atoms. The number of aromatic nitrogens is 2. The number of carbonyl (C=O) groups excluding carboxylic acids is 1. The molecule has 0 unspecified atom stereocenters. The molecule has 108 valence electrons. The predicted molar refractivity (Wildman–Crippen MR) is 81.1 cm³/mol. The number of hydrogen-bond acceptors (Lipinski definition) is 2. The first-order chi connectivity index (χ1) is 10.0. The first-order valence-electron chi connectivity index (χ1n) is 6.40. The Labute approximate surface area is 131 Å². The molecule has 6 heteroatoms. The highest BCUT2D eigenvalue weighted by Gasteiger charge is 2.27. The maximum atomic E-state index is 14.0. The van der Waals surface area contributed by atoms with Gasteiger partial charge in [0.2, 0.25) is 5.95 Å². The van der Waals surface area contributed by atoms with E-state index in [1.165, 1.54) is 13.1 Å². The number of ketones is 1. The number of halogens is 3. The summed E-state index contributed by atoms with van der Waals surface area (Å²) in [5.41, 5.74) is 1.75. The highest BCUT2D eigenvalue weighted by Crippen LogP contribution is 2.40. The second kappa shape index (κ2) is 5.28. The highest BCUT2D eigenvalue weighted by atomic mass is 35.5. The van der Waals surface area contributed by atoms with E-state index in [0.29, 0.717) is 34.9 Å². The summed E-state index contributed by atoms with van der Waals surface area (Å²) in [6, 6.07) is 3.23. The third-order valence-electron chi connectivity index (χ3n) is 3.48. The van der Waals surface area contributed by atoms with Gasteiger partial charge in [-0.05, 0) is 25.1 Å². The molecule has 1 aliphatic rings. The van der Waals surface area contributed by atoms with Crippen LogP contribution in [0.15, 0.2) is 23.4 Å². The fourth-order valence-corrected chi connectivity index (χ4v) is 3.21. The van der Waals surface area contributed by atoms with Gasteiger partial charge in [-0.2, -0.15) is 4.39 Å². The van der Waals surface area contributed by atoms with Crippen molar-refractivity contribution in [3.8, 4) is 11.3 Å². The van der Waals surface area contributed by atoms with Crippen LogP contribution in [0.4, 0.5) is 4.39 Å². The Kier molecular flexibility index (Phi) is 3.59.